The van der Waals surface area contributed by atoms with Gasteiger partial charge in [0.25, 0.3) is 5.69 Å². The summed E-state index contributed by atoms with van der Waals surface area (Å²) in [5, 5.41) is 10.5. The summed E-state index contributed by atoms with van der Waals surface area (Å²) in [4.78, 5) is 10.1. The van der Waals surface area contributed by atoms with Crippen LogP contribution >= 0.6 is 0 Å². The van der Waals surface area contributed by atoms with Crippen LogP contribution in [0.15, 0.2) is 24.3 Å². The average molecular weight is 222 g/mol. The summed E-state index contributed by atoms with van der Waals surface area (Å²) in [7, 11) is 0. The van der Waals surface area contributed by atoms with Gasteiger partial charge in [0.2, 0.25) is 0 Å². The van der Waals surface area contributed by atoms with Gasteiger partial charge in [-0.15, -0.1) is 0 Å². The topological polar surface area (TPSA) is 69.2 Å². The molecule has 0 aliphatic heterocycles. The minimum Gasteiger partial charge on any atom is -0.324 e. The van der Waals surface area contributed by atoms with Gasteiger partial charge in [-0.2, -0.15) is 0 Å². The van der Waals surface area contributed by atoms with Gasteiger partial charge >= 0.3 is 0 Å². The second-order valence-corrected chi connectivity index (χ2v) is 4.43. The Bertz CT molecular complexity index is 347. The van der Waals surface area contributed by atoms with Crippen molar-refractivity contribution in [3.63, 3.8) is 0 Å². The highest BCUT2D eigenvalue weighted by Crippen LogP contribution is 2.21. The Balaban J connectivity index is 2.63. The molecular formula is C12H18N2O2. The van der Waals surface area contributed by atoms with Crippen molar-refractivity contribution >= 4 is 5.69 Å². The smallest absolute Gasteiger partial charge is 0.269 e. The molecule has 0 bridgehead atoms. The number of rotatable bonds is 5. The lowest BCUT2D eigenvalue weighted by atomic mass is 9.98. The molecule has 1 aromatic rings. The minimum atomic E-state index is -0.399. The van der Waals surface area contributed by atoms with Crippen LogP contribution < -0.4 is 5.73 Å². The lowest BCUT2D eigenvalue weighted by molar-refractivity contribution is -0.384. The first-order chi connectivity index (χ1) is 7.50. The number of nitrogens with zero attached hydrogens (tertiary/aromatic N) is 1. The lowest BCUT2D eigenvalue weighted by Crippen LogP contribution is -2.11. The number of nitrogens with two attached hydrogens (primary N) is 1. The van der Waals surface area contributed by atoms with E-state index >= 15 is 0 Å². The van der Waals surface area contributed by atoms with Crippen LogP contribution in [0, 0.1) is 16.0 Å². The van der Waals surface area contributed by atoms with E-state index < -0.39 is 4.92 Å². The Labute approximate surface area is 95.6 Å². The van der Waals surface area contributed by atoms with E-state index in [1.54, 1.807) is 12.1 Å². The summed E-state index contributed by atoms with van der Waals surface area (Å²) in [6, 6.07) is 6.46. The number of hydrogen-bond donors (Lipinski definition) is 1. The molecule has 0 amide bonds. The van der Waals surface area contributed by atoms with Gasteiger partial charge in [0.15, 0.2) is 0 Å². The van der Waals surface area contributed by atoms with Gasteiger partial charge in [0.1, 0.15) is 0 Å². The highest BCUT2D eigenvalue weighted by molar-refractivity contribution is 5.34. The molecule has 0 saturated carbocycles. The molecule has 0 saturated heterocycles. The molecule has 1 atom stereocenters. The van der Waals surface area contributed by atoms with E-state index in [4.69, 9.17) is 5.73 Å². The van der Waals surface area contributed by atoms with Crippen LogP contribution in [0.25, 0.3) is 0 Å². The second-order valence-electron chi connectivity index (χ2n) is 4.43. The average Bonchev–Trinajstić information content (AvgIpc) is 2.26. The molecule has 4 nitrogen and oxygen atoms in total. The zero-order valence-corrected chi connectivity index (χ0v) is 9.72. The number of benzene rings is 1. The van der Waals surface area contributed by atoms with Crippen molar-refractivity contribution in [1.29, 1.82) is 0 Å². The summed E-state index contributed by atoms with van der Waals surface area (Å²) in [6.45, 7) is 4.31. The third kappa shape index (κ3) is 3.62. The van der Waals surface area contributed by atoms with Crippen molar-refractivity contribution in [2.45, 2.75) is 32.7 Å². The quantitative estimate of drug-likeness (QED) is 0.615. The van der Waals surface area contributed by atoms with Crippen molar-refractivity contribution in [3.05, 3.63) is 39.9 Å². The van der Waals surface area contributed by atoms with Gasteiger partial charge in [-0.1, -0.05) is 26.0 Å². The maximum atomic E-state index is 10.5. The van der Waals surface area contributed by atoms with E-state index in [0.717, 1.165) is 18.4 Å². The van der Waals surface area contributed by atoms with Crippen LogP contribution in [0.5, 0.6) is 0 Å². The van der Waals surface area contributed by atoms with E-state index in [1.807, 2.05) is 0 Å². The molecule has 0 aliphatic rings. The van der Waals surface area contributed by atoms with Gasteiger partial charge in [0, 0.05) is 18.2 Å². The largest absolute Gasteiger partial charge is 0.324 e. The second kappa shape index (κ2) is 5.61. The summed E-state index contributed by atoms with van der Waals surface area (Å²) >= 11 is 0. The van der Waals surface area contributed by atoms with Crippen molar-refractivity contribution in [2.24, 2.45) is 11.7 Å². The fourth-order valence-corrected chi connectivity index (χ4v) is 1.52. The van der Waals surface area contributed by atoms with Crippen LogP contribution in [0.2, 0.25) is 0 Å². The van der Waals surface area contributed by atoms with Gasteiger partial charge in [-0.3, -0.25) is 10.1 Å². The van der Waals surface area contributed by atoms with Gasteiger partial charge in [0.05, 0.1) is 4.92 Å². The van der Waals surface area contributed by atoms with Gasteiger partial charge in [-0.25, -0.2) is 0 Å². The fraction of sp³-hybridized carbons (Fsp3) is 0.500. The first kappa shape index (κ1) is 12.6. The summed E-state index contributed by atoms with van der Waals surface area (Å²) < 4.78 is 0. The van der Waals surface area contributed by atoms with Crippen LogP contribution in [0.4, 0.5) is 5.69 Å². The van der Waals surface area contributed by atoms with E-state index in [9.17, 15) is 10.1 Å². The summed E-state index contributed by atoms with van der Waals surface area (Å²) in [5.41, 5.74) is 7.07. The van der Waals surface area contributed by atoms with E-state index in [2.05, 4.69) is 13.8 Å². The minimum absolute atomic E-state index is 0.0248. The normalized spacial score (nSPS) is 12.8. The first-order valence-electron chi connectivity index (χ1n) is 5.50. The highest BCUT2D eigenvalue weighted by atomic mass is 16.6. The zero-order chi connectivity index (χ0) is 12.1. The molecule has 0 spiro atoms. The van der Waals surface area contributed by atoms with Crippen LogP contribution in [-0.4, -0.2) is 4.92 Å². The fourth-order valence-electron chi connectivity index (χ4n) is 1.52. The predicted molar refractivity (Wildman–Crippen MR) is 64.1 cm³/mol. The summed E-state index contributed by atoms with van der Waals surface area (Å²) in [6.07, 6.45) is 1.98. The molecule has 4 heteroatoms. The van der Waals surface area contributed by atoms with E-state index in [1.165, 1.54) is 12.1 Å². The zero-order valence-electron chi connectivity index (χ0n) is 9.72. The third-order valence-electron chi connectivity index (χ3n) is 2.59. The maximum Gasteiger partial charge on any atom is 0.269 e. The first-order valence-corrected chi connectivity index (χ1v) is 5.50. The predicted octanol–water partition coefficient (Wildman–Crippen LogP) is 3.03. The Morgan fingerprint density at radius 2 is 1.81 bits per heavy atom. The Morgan fingerprint density at radius 1 is 1.25 bits per heavy atom. The molecule has 1 aromatic carbocycles. The molecule has 0 unspecified atom stereocenters. The molecule has 16 heavy (non-hydrogen) atoms. The maximum absolute atomic E-state index is 10.5. The number of non-ortho nitro benzene ring substituents is 1. The van der Waals surface area contributed by atoms with Crippen LogP contribution in [0.3, 0.4) is 0 Å². The molecular weight excluding hydrogens is 204 g/mol. The number of nitro benzene ring substituents is 1. The molecule has 0 heterocycles. The van der Waals surface area contributed by atoms with Gasteiger partial charge in [-0.05, 0) is 24.3 Å². The lowest BCUT2D eigenvalue weighted by Gasteiger charge is -2.13. The summed E-state index contributed by atoms with van der Waals surface area (Å²) in [5.74, 6) is 0.629. The Morgan fingerprint density at radius 3 is 2.25 bits per heavy atom. The van der Waals surface area contributed by atoms with E-state index in [-0.39, 0.29) is 11.7 Å². The molecule has 0 aliphatic carbocycles. The third-order valence-corrected chi connectivity index (χ3v) is 2.59. The van der Waals surface area contributed by atoms with Crippen LogP contribution in [0.1, 0.15) is 38.3 Å². The van der Waals surface area contributed by atoms with Crippen molar-refractivity contribution in [1.82, 2.24) is 0 Å². The standard InChI is InChI=1S/C12H18N2O2/c1-9(2)3-8-12(13)10-4-6-11(7-5-10)14(15)16/h4-7,9,12H,3,8,13H2,1-2H3/t12-/m1/s1. The molecule has 0 aromatic heterocycles. The van der Waals surface area contributed by atoms with Gasteiger partial charge < -0.3 is 5.73 Å². The van der Waals surface area contributed by atoms with Crippen LogP contribution in [-0.2, 0) is 0 Å². The molecule has 1 rings (SSSR count). The van der Waals surface area contributed by atoms with E-state index in [0.29, 0.717) is 5.92 Å². The number of hydrogen-bond acceptors (Lipinski definition) is 3. The van der Waals surface area contributed by atoms with Crippen molar-refractivity contribution in [2.75, 3.05) is 0 Å². The molecule has 0 fully saturated rings. The van der Waals surface area contributed by atoms with Crippen molar-refractivity contribution in [3.8, 4) is 0 Å². The Kier molecular flexibility index (Phi) is 4.43. The molecule has 2 N–H and O–H groups in total. The van der Waals surface area contributed by atoms with Crippen molar-refractivity contribution < 1.29 is 4.92 Å². The molecule has 88 valence electrons. The SMILES string of the molecule is CC(C)CC[C@@H](N)c1ccc([N+](=O)[O-])cc1. The highest BCUT2D eigenvalue weighted by Gasteiger charge is 2.09. The molecule has 0 radical (unpaired) electrons. The monoisotopic (exact) mass is 222 g/mol. The Hall–Kier alpha value is -1.42. The number of nitro groups is 1.